The molecule has 128 valence electrons. The predicted molar refractivity (Wildman–Crippen MR) is 86.2 cm³/mol. The molecule has 0 atom stereocenters. The molecule has 0 radical (unpaired) electrons. The Hall–Kier alpha value is -2.45. The zero-order chi connectivity index (χ0) is 17.6. The first-order valence-corrected chi connectivity index (χ1v) is 8.67. The van der Waals surface area contributed by atoms with E-state index in [0.29, 0.717) is 12.4 Å². The van der Waals surface area contributed by atoms with Gasteiger partial charge in [0.15, 0.2) is 0 Å². The summed E-state index contributed by atoms with van der Waals surface area (Å²) in [6.45, 7) is 2.29. The molecule has 2 aromatic rings. The number of carbonyl (C=O) groups is 1. The summed E-state index contributed by atoms with van der Waals surface area (Å²) in [4.78, 5) is 13.7. The molecule has 0 unspecified atom stereocenters. The highest BCUT2D eigenvalue weighted by Crippen LogP contribution is 2.15. The van der Waals surface area contributed by atoms with Gasteiger partial charge in [-0.2, -0.15) is 0 Å². The van der Waals surface area contributed by atoms with Gasteiger partial charge in [-0.15, -0.1) is 4.83 Å². The summed E-state index contributed by atoms with van der Waals surface area (Å²) in [5.41, 5.74) is 2.24. The average Bonchev–Trinajstić information content (AvgIpc) is 2.56. The summed E-state index contributed by atoms with van der Waals surface area (Å²) in [6.07, 6.45) is -0.279. The van der Waals surface area contributed by atoms with Crippen LogP contribution in [0.4, 0.5) is 4.39 Å². The third kappa shape index (κ3) is 4.77. The van der Waals surface area contributed by atoms with Gasteiger partial charge >= 0.3 is 0 Å². The van der Waals surface area contributed by atoms with Crippen molar-refractivity contribution in [2.24, 2.45) is 0 Å². The smallest absolute Gasteiger partial charge is 0.257 e. The summed E-state index contributed by atoms with van der Waals surface area (Å²) in [5, 5.41) is 0. The largest absolute Gasteiger partial charge is 0.494 e. The van der Waals surface area contributed by atoms with Crippen molar-refractivity contribution in [1.29, 1.82) is 0 Å². The van der Waals surface area contributed by atoms with Gasteiger partial charge < -0.3 is 4.74 Å². The van der Waals surface area contributed by atoms with Gasteiger partial charge in [0, 0.05) is 0 Å². The van der Waals surface area contributed by atoms with E-state index in [1.54, 1.807) is 6.07 Å². The summed E-state index contributed by atoms with van der Waals surface area (Å²) in [5.74, 6) is -0.656. The molecule has 24 heavy (non-hydrogen) atoms. The summed E-state index contributed by atoms with van der Waals surface area (Å²) < 4.78 is 42.9. The van der Waals surface area contributed by atoms with E-state index in [2.05, 4.69) is 5.43 Å². The molecule has 0 saturated carbocycles. The van der Waals surface area contributed by atoms with Crippen molar-refractivity contribution < 1.29 is 22.3 Å². The van der Waals surface area contributed by atoms with Crippen LogP contribution in [0, 0.1) is 5.82 Å². The molecule has 0 heterocycles. The van der Waals surface area contributed by atoms with Gasteiger partial charge in [-0.25, -0.2) is 12.8 Å². The highest BCUT2D eigenvalue weighted by atomic mass is 32.2. The molecule has 0 fully saturated rings. The SMILES string of the molecule is CCOc1ccc(S(=O)(=O)NNC(=O)Cc2ccccc2F)cc1. The number of amides is 1. The Morgan fingerprint density at radius 1 is 1.12 bits per heavy atom. The fraction of sp³-hybridized carbons (Fsp3) is 0.188. The van der Waals surface area contributed by atoms with Gasteiger partial charge in [0.2, 0.25) is 5.91 Å². The molecule has 0 aliphatic rings. The van der Waals surface area contributed by atoms with E-state index in [1.807, 2.05) is 11.8 Å². The van der Waals surface area contributed by atoms with Crippen molar-refractivity contribution in [3.05, 3.63) is 59.9 Å². The molecule has 0 aliphatic heterocycles. The third-order valence-electron chi connectivity index (χ3n) is 3.08. The number of ether oxygens (including phenoxy) is 1. The zero-order valence-electron chi connectivity index (χ0n) is 13.0. The first-order valence-electron chi connectivity index (χ1n) is 7.19. The number of rotatable bonds is 7. The maximum atomic E-state index is 13.5. The standard InChI is InChI=1S/C16H17FN2O4S/c1-2-23-13-7-9-14(10-8-13)24(21,22)19-18-16(20)11-12-5-3-4-6-15(12)17/h3-10,19H,2,11H2,1H3,(H,18,20). The second kappa shape index (κ2) is 7.89. The van der Waals surface area contributed by atoms with E-state index in [-0.39, 0.29) is 16.9 Å². The fourth-order valence-corrected chi connectivity index (χ4v) is 2.78. The van der Waals surface area contributed by atoms with Gasteiger partial charge in [0.05, 0.1) is 17.9 Å². The van der Waals surface area contributed by atoms with Gasteiger partial charge in [0.25, 0.3) is 10.0 Å². The topological polar surface area (TPSA) is 84.5 Å². The van der Waals surface area contributed by atoms with Gasteiger partial charge in [0.1, 0.15) is 11.6 Å². The Balaban J connectivity index is 1.97. The monoisotopic (exact) mass is 352 g/mol. The number of halogens is 1. The lowest BCUT2D eigenvalue weighted by Gasteiger charge is -2.09. The maximum absolute atomic E-state index is 13.5. The van der Waals surface area contributed by atoms with Gasteiger partial charge in [-0.1, -0.05) is 18.2 Å². The van der Waals surface area contributed by atoms with Crippen LogP contribution in [0.3, 0.4) is 0 Å². The summed E-state index contributed by atoms with van der Waals surface area (Å²) >= 11 is 0. The number of carbonyl (C=O) groups excluding carboxylic acids is 1. The van der Waals surface area contributed by atoms with E-state index < -0.39 is 21.7 Å². The lowest BCUT2D eigenvalue weighted by Crippen LogP contribution is -2.42. The third-order valence-corrected chi connectivity index (χ3v) is 4.34. The minimum absolute atomic E-state index is 0.0304. The van der Waals surface area contributed by atoms with E-state index in [4.69, 9.17) is 4.74 Å². The molecular formula is C16H17FN2O4S. The second-order valence-corrected chi connectivity index (χ2v) is 6.51. The Morgan fingerprint density at radius 2 is 1.79 bits per heavy atom. The van der Waals surface area contributed by atoms with Crippen molar-refractivity contribution in [2.75, 3.05) is 6.61 Å². The predicted octanol–water partition coefficient (Wildman–Crippen LogP) is 1.78. The molecule has 2 aromatic carbocycles. The Kier molecular flexibility index (Phi) is 5.88. The van der Waals surface area contributed by atoms with Crippen LogP contribution in [0.5, 0.6) is 5.75 Å². The van der Waals surface area contributed by atoms with E-state index in [0.717, 1.165) is 0 Å². The minimum Gasteiger partial charge on any atom is -0.494 e. The number of benzene rings is 2. The molecule has 1 amide bonds. The molecular weight excluding hydrogens is 335 g/mol. The lowest BCUT2D eigenvalue weighted by molar-refractivity contribution is -0.120. The van der Waals surface area contributed by atoms with Crippen molar-refractivity contribution in [1.82, 2.24) is 10.3 Å². The molecule has 6 nitrogen and oxygen atoms in total. The molecule has 0 saturated heterocycles. The van der Waals surface area contributed by atoms with Gasteiger partial charge in [-0.3, -0.25) is 10.2 Å². The van der Waals surface area contributed by atoms with Crippen LogP contribution >= 0.6 is 0 Å². The molecule has 2 N–H and O–H groups in total. The van der Waals surface area contributed by atoms with Crippen molar-refractivity contribution in [2.45, 2.75) is 18.2 Å². The minimum atomic E-state index is -3.92. The summed E-state index contributed by atoms with van der Waals surface area (Å²) in [6, 6.07) is 11.5. The van der Waals surface area contributed by atoms with Crippen LogP contribution in [0.1, 0.15) is 12.5 Å². The van der Waals surface area contributed by atoms with Crippen LogP contribution in [-0.4, -0.2) is 20.9 Å². The number of hydrogen-bond donors (Lipinski definition) is 2. The quantitative estimate of drug-likeness (QED) is 0.744. The van der Waals surface area contributed by atoms with Crippen molar-refractivity contribution >= 4 is 15.9 Å². The first kappa shape index (κ1) is 17.9. The normalized spacial score (nSPS) is 11.1. The fourth-order valence-electron chi connectivity index (χ4n) is 1.92. The summed E-state index contributed by atoms with van der Waals surface area (Å²) in [7, 11) is -3.92. The van der Waals surface area contributed by atoms with Gasteiger partial charge in [-0.05, 0) is 42.8 Å². The number of sulfonamides is 1. The van der Waals surface area contributed by atoms with Crippen LogP contribution in [0.15, 0.2) is 53.4 Å². The van der Waals surface area contributed by atoms with Crippen LogP contribution < -0.4 is 15.0 Å². The number of nitrogens with one attached hydrogen (secondary N) is 2. The average molecular weight is 352 g/mol. The Morgan fingerprint density at radius 3 is 2.42 bits per heavy atom. The molecule has 8 heteroatoms. The number of hydrazine groups is 1. The Labute approximate surface area is 139 Å². The molecule has 0 bridgehead atoms. The van der Waals surface area contributed by atoms with Crippen molar-refractivity contribution in [3.63, 3.8) is 0 Å². The molecule has 0 aromatic heterocycles. The second-order valence-electron chi connectivity index (χ2n) is 4.83. The van der Waals surface area contributed by atoms with E-state index in [1.165, 1.54) is 42.5 Å². The zero-order valence-corrected chi connectivity index (χ0v) is 13.8. The van der Waals surface area contributed by atoms with Crippen molar-refractivity contribution in [3.8, 4) is 5.75 Å². The highest BCUT2D eigenvalue weighted by molar-refractivity contribution is 7.89. The van der Waals surface area contributed by atoms with E-state index >= 15 is 0 Å². The Bertz CT molecular complexity index is 807. The molecule has 2 rings (SSSR count). The van der Waals surface area contributed by atoms with Crippen LogP contribution in [-0.2, 0) is 21.2 Å². The molecule has 0 aliphatic carbocycles. The maximum Gasteiger partial charge on any atom is 0.257 e. The van der Waals surface area contributed by atoms with E-state index in [9.17, 15) is 17.6 Å². The lowest BCUT2D eigenvalue weighted by atomic mass is 10.1. The van der Waals surface area contributed by atoms with Crippen LogP contribution in [0.2, 0.25) is 0 Å². The number of hydrogen-bond acceptors (Lipinski definition) is 4. The highest BCUT2D eigenvalue weighted by Gasteiger charge is 2.16. The first-order chi connectivity index (χ1) is 11.4. The molecule has 0 spiro atoms. The van der Waals surface area contributed by atoms with Crippen LogP contribution in [0.25, 0.3) is 0 Å².